The Labute approximate surface area is 158 Å². The zero-order valence-corrected chi connectivity index (χ0v) is 15.9. The molecule has 3 heterocycles. The highest BCUT2D eigenvalue weighted by Gasteiger charge is 2.28. The second-order valence-electron chi connectivity index (χ2n) is 5.39. The summed E-state index contributed by atoms with van der Waals surface area (Å²) >= 11 is 7.59. The van der Waals surface area contributed by atoms with E-state index in [0.29, 0.717) is 13.2 Å². The van der Waals surface area contributed by atoms with Crippen LogP contribution in [0.15, 0.2) is 12.1 Å². The van der Waals surface area contributed by atoms with Gasteiger partial charge in [0.1, 0.15) is 6.04 Å². The van der Waals surface area contributed by atoms with E-state index >= 15 is 0 Å². The van der Waals surface area contributed by atoms with E-state index in [1.807, 2.05) is 11.0 Å². The number of ether oxygens (including phenoxy) is 1. The summed E-state index contributed by atoms with van der Waals surface area (Å²) in [6.07, 6.45) is 0. The highest BCUT2D eigenvalue weighted by Crippen LogP contribution is 2.23. The van der Waals surface area contributed by atoms with Gasteiger partial charge in [0.15, 0.2) is 0 Å². The molecule has 0 saturated carbocycles. The van der Waals surface area contributed by atoms with E-state index in [-0.39, 0.29) is 36.8 Å². The lowest BCUT2D eigenvalue weighted by molar-refractivity contribution is -0.138. The molecule has 3 rings (SSSR count). The van der Waals surface area contributed by atoms with Crippen LogP contribution in [-0.2, 0) is 16.1 Å². The second kappa shape index (κ2) is 10.0. The molecule has 0 radical (unpaired) electrons. The Bertz CT molecular complexity index is 489. The maximum Gasteiger partial charge on any atom is 0.242 e. The number of carbonyl (C=O) groups excluding carboxylic acids is 1. The summed E-state index contributed by atoms with van der Waals surface area (Å²) in [7, 11) is 0. The first-order valence-corrected chi connectivity index (χ1v) is 8.48. The van der Waals surface area contributed by atoms with Gasteiger partial charge >= 0.3 is 0 Å². The molecule has 0 spiro atoms. The number of thiophene rings is 1. The molecule has 5 nitrogen and oxygen atoms in total. The number of hydrogen-bond acceptors (Lipinski definition) is 5. The van der Waals surface area contributed by atoms with Crippen molar-refractivity contribution >= 4 is 53.7 Å². The number of nitrogens with one attached hydrogen (secondary N) is 1. The van der Waals surface area contributed by atoms with E-state index in [1.165, 1.54) is 4.88 Å². The zero-order valence-electron chi connectivity index (χ0n) is 12.7. The number of rotatable bonds is 3. The van der Waals surface area contributed by atoms with Crippen LogP contribution in [-0.4, -0.2) is 67.7 Å². The molecule has 9 heteroatoms. The fraction of sp³-hybridized carbons (Fsp3) is 0.643. The Kier molecular flexibility index (Phi) is 9.15. The van der Waals surface area contributed by atoms with Crippen molar-refractivity contribution in [2.24, 2.45) is 0 Å². The maximum absolute atomic E-state index is 12.4. The van der Waals surface area contributed by atoms with Gasteiger partial charge in [0, 0.05) is 44.1 Å². The number of amides is 1. The highest BCUT2D eigenvalue weighted by molar-refractivity contribution is 7.16. The quantitative estimate of drug-likeness (QED) is 0.838. The van der Waals surface area contributed by atoms with Gasteiger partial charge in [0.25, 0.3) is 0 Å². The van der Waals surface area contributed by atoms with Gasteiger partial charge in [-0.3, -0.25) is 9.69 Å². The number of nitrogens with zero attached hydrogens (tertiary/aromatic N) is 2. The van der Waals surface area contributed by atoms with Crippen LogP contribution in [0.3, 0.4) is 0 Å². The Morgan fingerprint density at radius 1 is 1.30 bits per heavy atom. The van der Waals surface area contributed by atoms with Crippen molar-refractivity contribution < 1.29 is 9.53 Å². The number of morpholine rings is 1. The smallest absolute Gasteiger partial charge is 0.242 e. The molecule has 23 heavy (non-hydrogen) atoms. The van der Waals surface area contributed by atoms with E-state index in [1.54, 1.807) is 11.3 Å². The fourth-order valence-electron chi connectivity index (χ4n) is 2.73. The van der Waals surface area contributed by atoms with Gasteiger partial charge in [0.2, 0.25) is 5.91 Å². The third-order valence-corrected chi connectivity index (χ3v) is 5.13. The minimum absolute atomic E-state index is 0. The molecule has 1 N–H and O–H groups in total. The average molecular weight is 403 g/mol. The van der Waals surface area contributed by atoms with Crippen molar-refractivity contribution in [3.8, 4) is 0 Å². The Balaban J connectivity index is 0.00000132. The van der Waals surface area contributed by atoms with Gasteiger partial charge in [-0.1, -0.05) is 11.6 Å². The molecule has 0 aromatic carbocycles. The van der Waals surface area contributed by atoms with E-state index in [0.717, 1.165) is 43.6 Å². The Morgan fingerprint density at radius 2 is 2.04 bits per heavy atom. The summed E-state index contributed by atoms with van der Waals surface area (Å²) in [5, 5.41) is 3.23. The molecule has 1 atom stereocenters. The molecule has 2 saturated heterocycles. The average Bonchev–Trinajstić information content (AvgIpc) is 2.93. The van der Waals surface area contributed by atoms with Gasteiger partial charge < -0.3 is 15.0 Å². The third kappa shape index (κ3) is 5.74. The molecule has 0 aliphatic carbocycles. The molecule has 1 aromatic rings. The van der Waals surface area contributed by atoms with Crippen molar-refractivity contribution in [2.75, 3.05) is 45.9 Å². The summed E-state index contributed by atoms with van der Waals surface area (Å²) < 4.78 is 6.20. The van der Waals surface area contributed by atoms with Crippen LogP contribution in [0.25, 0.3) is 0 Å². The highest BCUT2D eigenvalue weighted by atomic mass is 35.5. The Morgan fingerprint density at radius 3 is 2.61 bits per heavy atom. The van der Waals surface area contributed by atoms with Gasteiger partial charge in [0.05, 0.1) is 17.6 Å². The van der Waals surface area contributed by atoms with Crippen molar-refractivity contribution in [1.29, 1.82) is 0 Å². The monoisotopic (exact) mass is 401 g/mol. The molecule has 2 aliphatic heterocycles. The minimum atomic E-state index is -0.165. The predicted octanol–water partition coefficient (Wildman–Crippen LogP) is 1.88. The summed E-state index contributed by atoms with van der Waals surface area (Å²) in [4.78, 5) is 18.0. The Hall–Kier alpha value is -0.0800. The van der Waals surface area contributed by atoms with Crippen LogP contribution in [0.2, 0.25) is 4.34 Å². The van der Waals surface area contributed by atoms with Crippen LogP contribution in [0, 0.1) is 0 Å². The van der Waals surface area contributed by atoms with Crippen LogP contribution in [0.4, 0.5) is 0 Å². The van der Waals surface area contributed by atoms with Crippen molar-refractivity contribution in [2.45, 2.75) is 12.6 Å². The van der Waals surface area contributed by atoms with E-state index < -0.39 is 0 Å². The van der Waals surface area contributed by atoms with E-state index in [4.69, 9.17) is 16.3 Å². The summed E-state index contributed by atoms with van der Waals surface area (Å²) in [6.45, 7) is 6.27. The largest absolute Gasteiger partial charge is 0.378 e. The first-order chi connectivity index (χ1) is 10.2. The van der Waals surface area contributed by atoms with Gasteiger partial charge in [-0.25, -0.2) is 0 Å². The number of carbonyl (C=O) groups is 1. The number of hydrogen-bond donors (Lipinski definition) is 1. The first kappa shape index (κ1) is 21.0. The lowest BCUT2D eigenvalue weighted by Crippen LogP contribution is -2.56. The van der Waals surface area contributed by atoms with Gasteiger partial charge in [-0.2, -0.15) is 0 Å². The number of halogens is 3. The number of piperazine rings is 1. The normalized spacial score (nSPS) is 22.1. The molecule has 2 fully saturated rings. The van der Waals surface area contributed by atoms with Gasteiger partial charge in [-0.15, -0.1) is 36.2 Å². The molecule has 1 unspecified atom stereocenters. The molecule has 2 aliphatic rings. The zero-order chi connectivity index (χ0) is 14.7. The summed E-state index contributed by atoms with van der Waals surface area (Å²) in [5.41, 5.74) is 0. The van der Waals surface area contributed by atoms with Crippen molar-refractivity contribution in [1.82, 2.24) is 15.1 Å². The first-order valence-electron chi connectivity index (χ1n) is 7.29. The van der Waals surface area contributed by atoms with Crippen LogP contribution in [0.5, 0.6) is 0 Å². The minimum Gasteiger partial charge on any atom is -0.378 e. The topological polar surface area (TPSA) is 44.8 Å². The lowest BCUT2D eigenvalue weighted by atomic mass is 10.2. The predicted molar refractivity (Wildman–Crippen MR) is 98.3 cm³/mol. The molecule has 132 valence electrons. The standard InChI is InChI=1S/C14H20ClN3O2S.2ClH/c15-13-2-1-11(21-13)9-17-4-6-18(7-5-17)14(19)12-10-20-8-3-16-12;;/h1-2,12,16H,3-10H2;2*1H. The molecule has 1 aromatic heterocycles. The molecule has 1 amide bonds. The van der Waals surface area contributed by atoms with E-state index in [9.17, 15) is 4.79 Å². The summed E-state index contributed by atoms with van der Waals surface area (Å²) in [5.74, 6) is 0.175. The maximum atomic E-state index is 12.4. The molecular formula is C14H22Cl3N3O2S. The van der Waals surface area contributed by atoms with Crippen LogP contribution >= 0.6 is 47.8 Å². The van der Waals surface area contributed by atoms with Crippen LogP contribution < -0.4 is 5.32 Å². The van der Waals surface area contributed by atoms with Crippen molar-refractivity contribution in [3.05, 3.63) is 21.3 Å². The molecule has 0 bridgehead atoms. The van der Waals surface area contributed by atoms with Gasteiger partial charge in [-0.05, 0) is 12.1 Å². The third-order valence-electron chi connectivity index (χ3n) is 3.91. The van der Waals surface area contributed by atoms with E-state index in [2.05, 4.69) is 16.3 Å². The summed E-state index contributed by atoms with van der Waals surface area (Å²) in [6, 6.07) is 3.85. The second-order valence-corrected chi connectivity index (χ2v) is 7.19. The van der Waals surface area contributed by atoms with Crippen LogP contribution in [0.1, 0.15) is 4.88 Å². The lowest BCUT2D eigenvalue weighted by Gasteiger charge is -2.37. The fourth-order valence-corrected chi connectivity index (χ4v) is 3.86. The van der Waals surface area contributed by atoms with Crippen molar-refractivity contribution in [3.63, 3.8) is 0 Å². The SMILES string of the molecule is Cl.Cl.O=C(C1COCCN1)N1CCN(Cc2ccc(Cl)s2)CC1. The molecular weight excluding hydrogens is 381 g/mol.